The molecule has 0 bridgehead atoms. The van der Waals surface area contributed by atoms with Gasteiger partial charge in [-0.2, -0.15) is 4.39 Å². The van der Waals surface area contributed by atoms with Crippen LogP contribution >= 0.6 is 15.9 Å². The molecular formula is C13H14BrFO4. The summed E-state index contributed by atoms with van der Waals surface area (Å²) < 4.78 is 19.2. The van der Waals surface area contributed by atoms with Gasteiger partial charge in [-0.3, -0.25) is 4.79 Å². The van der Waals surface area contributed by atoms with Gasteiger partial charge in [-0.1, -0.05) is 0 Å². The maximum atomic E-state index is 14.0. The molecule has 0 aromatic heterocycles. The van der Waals surface area contributed by atoms with Gasteiger partial charge in [0.1, 0.15) is 0 Å². The van der Waals surface area contributed by atoms with Gasteiger partial charge in [-0.05, 0) is 40.8 Å². The minimum absolute atomic E-state index is 0.0777. The molecule has 2 rings (SSSR count). The van der Waals surface area contributed by atoms with Crippen molar-refractivity contribution in [1.29, 1.82) is 0 Å². The zero-order valence-electron chi connectivity index (χ0n) is 10.3. The zero-order valence-corrected chi connectivity index (χ0v) is 11.9. The van der Waals surface area contributed by atoms with E-state index >= 15 is 0 Å². The van der Waals surface area contributed by atoms with Crippen LogP contribution in [0.1, 0.15) is 30.7 Å². The lowest BCUT2D eigenvalue weighted by Gasteiger charge is -2.18. The number of rotatable bonds is 5. The molecule has 1 aromatic carbocycles. The second kappa shape index (κ2) is 5.36. The van der Waals surface area contributed by atoms with Crippen molar-refractivity contribution in [2.75, 3.05) is 7.11 Å². The van der Waals surface area contributed by atoms with Gasteiger partial charge < -0.3 is 14.9 Å². The Kier molecular flexibility index (Phi) is 3.99. The summed E-state index contributed by atoms with van der Waals surface area (Å²) in [5, 5.41) is 18.9. The highest BCUT2D eigenvalue weighted by atomic mass is 79.9. The third kappa shape index (κ3) is 2.83. The van der Waals surface area contributed by atoms with Crippen molar-refractivity contribution in [2.45, 2.75) is 25.2 Å². The lowest BCUT2D eigenvalue weighted by molar-refractivity contribution is -0.137. The third-order valence-electron chi connectivity index (χ3n) is 3.37. The maximum absolute atomic E-state index is 14.0. The third-order valence-corrected chi connectivity index (χ3v) is 3.96. The monoisotopic (exact) mass is 332 g/mol. The molecule has 2 N–H and O–H groups in total. The second-order valence-corrected chi connectivity index (χ2v) is 5.54. The van der Waals surface area contributed by atoms with Crippen LogP contribution in [0.15, 0.2) is 10.5 Å². The first-order valence-corrected chi connectivity index (χ1v) is 6.71. The summed E-state index contributed by atoms with van der Waals surface area (Å²) in [4.78, 5) is 10.9. The molecule has 1 aliphatic carbocycles. The summed E-state index contributed by atoms with van der Waals surface area (Å²) >= 11 is 3.17. The number of benzene rings is 1. The number of hydrogen-bond acceptors (Lipinski definition) is 3. The Hall–Kier alpha value is -1.30. The van der Waals surface area contributed by atoms with E-state index in [0.717, 1.165) is 12.8 Å². The second-order valence-electron chi connectivity index (χ2n) is 4.69. The van der Waals surface area contributed by atoms with E-state index in [4.69, 9.17) is 9.84 Å². The van der Waals surface area contributed by atoms with Crippen LogP contribution in [0.25, 0.3) is 0 Å². The number of hydrogen-bond donors (Lipinski definition) is 2. The number of carbonyl (C=O) groups is 1. The molecule has 0 saturated heterocycles. The predicted octanol–water partition coefficient (Wildman–Crippen LogP) is 3.27. The SMILES string of the molecule is COc1c(Br)cc(C(CC(=O)O)C2CC2)c(O)c1F. The molecule has 1 saturated carbocycles. The Bertz CT molecular complexity index is 514. The van der Waals surface area contributed by atoms with Crippen molar-refractivity contribution in [2.24, 2.45) is 5.92 Å². The Labute approximate surface area is 118 Å². The first-order valence-electron chi connectivity index (χ1n) is 5.92. The molecule has 4 nitrogen and oxygen atoms in total. The van der Waals surface area contributed by atoms with Gasteiger partial charge >= 0.3 is 5.97 Å². The van der Waals surface area contributed by atoms with Gasteiger partial charge in [0.2, 0.25) is 5.82 Å². The molecule has 1 aromatic rings. The van der Waals surface area contributed by atoms with E-state index in [1.165, 1.54) is 7.11 Å². The summed E-state index contributed by atoms with van der Waals surface area (Å²) in [6.45, 7) is 0. The molecule has 0 radical (unpaired) electrons. The largest absolute Gasteiger partial charge is 0.505 e. The molecular weight excluding hydrogens is 319 g/mol. The summed E-state index contributed by atoms with van der Waals surface area (Å²) in [6.07, 6.45) is 1.70. The van der Waals surface area contributed by atoms with Crippen LogP contribution in [0.4, 0.5) is 4.39 Å². The quantitative estimate of drug-likeness (QED) is 0.868. The van der Waals surface area contributed by atoms with Crippen LogP contribution < -0.4 is 4.74 Å². The molecule has 6 heteroatoms. The normalized spacial score (nSPS) is 16.2. The molecule has 104 valence electrons. The topological polar surface area (TPSA) is 66.8 Å². The van der Waals surface area contributed by atoms with Gasteiger partial charge in [0.25, 0.3) is 0 Å². The Morgan fingerprint density at radius 2 is 2.26 bits per heavy atom. The molecule has 1 fully saturated rings. The van der Waals surface area contributed by atoms with E-state index in [2.05, 4.69) is 15.9 Å². The van der Waals surface area contributed by atoms with Gasteiger partial charge in [-0.25, -0.2) is 0 Å². The van der Waals surface area contributed by atoms with Crippen LogP contribution in [0, 0.1) is 11.7 Å². The Balaban J connectivity index is 2.45. The fraction of sp³-hybridized carbons (Fsp3) is 0.462. The number of aliphatic carboxylic acids is 1. The van der Waals surface area contributed by atoms with Crippen molar-refractivity contribution in [3.05, 3.63) is 21.9 Å². The van der Waals surface area contributed by atoms with Gasteiger partial charge in [0, 0.05) is 11.5 Å². The number of phenolic OH excluding ortho intramolecular Hbond substituents is 1. The van der Waals surface area contributed by atoms with Crippen LogP contribution in [0.5, 0.6) is 11.5 Å². The van der Waals surface area contributed by atoms with E-state index in [-0.39, 0.29) is 24.0 Å². The summed E-state index contributed by atoms with van der Waals surface area (Å²) in [5.74, 6) is -2.58. The molecule has 0 spiro atoms. The van der Waals surface area contributed by atoms with Gasteiger partial charge in [0.05, 0.1) is 18.0 Å². The Morgan fingerprint density at radius 3 is 2.74 bits per heavy atom. The molecule has 19 heavy (non-hydrogen) atoms. The number of carboxylic acids is 1. The van der Waals surface area contributed by atoms with E-state index < -0.39 is 17.5 Å². The summed E-state index contributed by atoms with van der Waals surface area (Å²) in [5.41, 5.74) is 0.329. The first kappa shape index (κ1) is 14.1. The van der Waals surface area contributed by atoms with Crippen molar-refractivity contribution >= 4 is 21.9 Å². The number of carboxylic acid groups (broad SMARTS) is 1. The Morgan fingerprint density at radius 1 is 1.63 bits per heavy atom. The summed E-state index contributed by atoms with van der Waals surface area (Å²) in [7, 11) is 1.30. The number of aromatic hydroxyl groups is 1. The van der Waals surface area contributed by atoms with Crippen LogP contribution in [0.2, 0.25) is 0 Å². The first-order chi connectivity index (χ1) is 8.95. The highest BCUT2D eigenvalue weighted by molar-refractivity contribution is 9.10. The highest BCUT2D eigenvalue weighted by Crippen LogP contribution is 2.49. The highest BCUT2D eigenvalue weighted by Gasteiger charge is 2.36. The minimum Gasteiger partial charge on any atom is -0.505 e. The summed E-state index contributed by atoms with van der Waals surface area (Å²) in [6, 6.07) is 1.54. The average Bonchev–Trinajstić information content (AvgIpc) is 3.15. The van der Waals surface area contributed by atoms with Crippen molar-refractivity contribution < 1.29 is 24.1 Å². The minimum atomic E-state index is -0.955. The van der Waals surface area contributed by atoms with Crippen molar-refractivity contribution in [3.8, 4) is 11.5 Å². The smallest absolute Gasteiger partial charge is 0.303 e. The lowest BCUT2D eigenvalue weighted by atomic mass is 9.90. The number of ether oxygens (including phenoxy) is 1. The van der Waals surface area contributed by atoms with Crippen LogP contribution in [-0.4, -0.2) is 23.3 Å². The number of halogens is 2. The fourth-order valence-electron chi connectivity index (χ4n) is 2.30. The van der Waals surface area contributed by atoms with Crippen LogP contribution in [-0.2, 0) is 4.79 Å². The number of methoxy groups -OCH3 is 1. The molecule has 1 aliphatic rings. The van der Waals surface area contributed by atoms with E-state index in [1.807, 2.05) is 0 Å². The lowest BCUT2D eigenvalue weighted by Crippen LogP contribution is -2.09. The van der Waals surface area contributed by atoms with E-state index in [9.17, 15) is 14.3 Å². The van der Waals surface area contributed by atoms with Crippen LogP contribution in [0.3, 0.4) is 0 Å². The van der Waals surface area contributed by atoms with Crippen molar-refractivity contribution in [3.63, 3.8) is 0 Å². The van der Waals surface area contributed by atoms with E-state index in [1.54, 1.807) is 6.07 Å². The average molecular weight is 333 g/mol. The van der Waals surface area contributed by atoms with Crippen molar-refractivity contribution in [1.82, 2.24) is 0 Å². The van der Waals surface area contributed by atoms with Gasteiger partial charge in [-0.15, -0.1) is 0 Å². The molecule has 0 aliphatic heterocycles. The molecule has 0 heterocycles. The molecule has 1 unspecified atom stereocenters. The zero-order chi connectivity index (χ0) is 14.2. The number of phenols is 1. The molecule has 1 atom stereocenters. The standard InChI is InChI=1S/C13H14BrFO4/c1-19-13-9(14)4-8(12(18)11(13)15)7(5-10(16)17)6-2-3-6/h4,6-7,18H,2-3,5H2,1H3,(H,16,17). The predicted molar refractivity (Wildman–Crippen MR) is 70.0 cm³/mol. The molecule has 0 amide bonds. The maximum Gasteiger partial charge on any atom is 0.303 e. The fourth-order valence-corrected chi connectivity index (χ4v) is 2.88. The van der Waals surface area contributed by atoms with E-state index in [0.29, 0.717) is 10.0 Å². The van der Waals surface area contributed by atoms with Gasteiger partial charge in [0.15, 0.2) is 11.5 Å².